The van der Waals surface area contributed by atoms with Crippen LogP contribution in [0.15, 0.2) is 66.9 Å². The minimum atomic E-state index is -0.409. The zero-order valence-electron chi connectivity index (χ0n) is 33.4. The van der Waals surface area contributed by atoms with E-state index in [2.05, 4.69) is 32.3 Å². The highest BCUT2D eigenvalue weighted by Gasteiger charge is 2.23. The number of aromatic nitrogens is 2. The van der Waals surface area contributed by atoms with Gasteiger partial charge in [0.1, 0.15) is 11.3 Å². The second-order valence-corrected chi connectivity index (χ2v) is 14.7. The van der Waals surface area contributed by atoms with Crippen LogP contribution in [0, 0.1) is 13.8 Å². The molecule has 298 valence electrons. The Hall–Kier alpha value is -5.20. The Morgan fingerprint density at radius 1 is 0.839 bits per heavy atom. The van der Waals surface area contributed by atoms with Gasteiger partial charge in [0.05, 0.1) is 13.7 Å². The first-order valence-electron chi connectivity index (χ1n) is 20.1. The third-order valence-corrected chi connectivity index (χ3v) is 10.5. The molecule has 56 heavy (non-hydrogen) atoms. The number of ether oxygens (including phenoxy) is 3. The Kier molecular flexibility index (Phi) is 14.5. The Morgan fingerprint density at radius 3 is 2.34 bits per heavy atom. The fourth-order valence-electron chi connectivity index (χ4n) is 7.31. The van der Waals surface area contributed by atoms with Gasteiger partial charge in [-0.25, -0.2) is 4.98 Å². The van der Waals surface area contributed by atoms with Gasteiger partial charge < -0.3 is 34.6 Å². The largest absolute Gasteiger partial charge is 0.493 e. The number of hydrogen-bond donors (Lipinski definition) is 2. The molecule has 0 aliphatic carbocycles. The van der Waals surface area contributed by atoms with E-state index in [1.807, 2.05) is 73.3 Å². The van der Waals surface area contributed by atoms with E-state index in [0.29, 0.717) is 30.9 Å². The molecule has 2 saturated heterocycles. The van der Waals surface area contributed by atoms with E-state index in [0.717, 1.165) is 85.9 Å². The minimum Gasteiger partial charge on any atom is -0.493 e. The summed E-state index contributed by atoms with van der Waals surface area (Å²) < 4.78 is 18.2. The summed E-state index contributed by atoms with van der Waals surface area (Å²) in [4.78, 5) is 43.0. The fourth-order valence-corrected chi connectivity index (χ4v) is 7.31. The van der Waals surface area contributed by atoms with Crippen molar-refractivity contribution in [2.45, 2.75) is 65.7 Å². The van der Waals surface area contributed by atoms with E-state index < -0.39 is 5.91 Å². The Morgan fingerprint density at radius 2 is 1.59 bits per heavy atom. The Balaban J connectivity index is 1.16. The zero-order valence-corrected chi connectivity index (χ0v) is 33.4. The van der Waals surface area contributed by atoms with Crippen LogP contribution in [-0.2, 0) is 11.2 Å². The monoisotopic (exact) mass is 763 g/mol. The molecule has 12 heteroatoms. The number of aryl methyl sites for hydroxylation is 3. The number of likely N-dealkylation sites (tertiary alicyclic amines) is 1. The van der Waals surface area contributed by atoms with Gasteiger partial charge in [-0.05, 0) is 107 Å². The lowest BCUT2D eigenvalue weighted by atomic mass is 10.1. The summed E-state index contributed by atoms with van der Waals surface area (Å²) in [6.07, 6.45) is 8.41. The number of rotatable bonds is 17. The van der Waals surface area contributed by atoms with Gasteiger partial charge in [0, 0.05) is 62.8 Å². The fraction of sp³-hybridized carbons (Fsp3) is 0.455. The highest BCUT2D eigenvalue weighted by Crippen LogP contribution is 2.35. The van der Waals surface area contributed by atoms with Crippen molar-refractivity contribution in [3.63, 3.8) is 0 Å². The predicted molar refractivity (Wildman–Crippen MR) is 221 cm³/mol. The average Bonchev–Trinajstić information content (AvgIpc) is 3.21. The molecular formula is C44H57N7O5. The summed E-state index contributed by atoms with van der Waals surface area (Å²) in [7, 11) is 1.57. The van der Waals surface area contributed by atoms with Crippen LogP contribution in [0.1, 0.15) is 72.5 Å². The van der Waals surface area contributed by atoms with Crippen LogP contribution in [0.25, 0.3) is 0 Å². The van der Waals surface area contributed by atoms with E-state index in [9.17, 15) is 9.59 Å². The molecule has 0 spiro atoms. The minimum absolute atomic E-state index is 0.0554. The third-order valence-electron chi connectivity index (χ3n) is 10.5. The smallest absolute Gasteiger partial charge is 0.262 e. The van der Waals surface area contributed by atoms with Gasteiger partial charge in [0.2, 0.25) is 17.7 Å². The topological polar surface area (TPSA) is 121 Å². The Labute approximate surface area is 331 Å². The number of methoxy groups -OCH3 is 1. The molecule has 4 aromatic rings. The Bertz CT molecular complexity index is 1900. The maximum atomic E-state index is 13.8. The van der Waals surface area contributed by atoms with Gasteiger partial charge in [-0.2, -0.15) is 4.98 Å². The standard InChI is InChI=1S/C44H57N7O5/c1-5-20-49-24-26-51(27-25-49)40(52)19-17-34-16-18-38(39(29-34)54-4)56-43-37(42(53)47-41-32(2)12-9-13-33(41)3)31-45-44(48-43)46-35-14-10-15-36(30-35)55-28-11-23-50-21-7-6-8-22-50/h9-10,12-16,18,29-31H,5-8,11,17,19-28H2,1-4H3,(H,47,53)(H,45,46,48). The first-order valence-corrected chi connectivity index (χ1v) is 20.1. The summed E-state index contributed by atoms with van der Waals surface area (Å²) in [6, 6.07) is 19.1. The van der Waals surface area contributed by atoms with Crippen molar-refractivity contribution in [1.82, 2.24) is 24.7 Å². The van der Waals surface area contributed by atoms with E-state index in [1.54, 1.807) is 13.2 Å². The molecule has 0 atom stereocenters. The van der Waals surface area contributed by atoms with Crippen LogP contribution in [-0.4, -0.2) is 103 Å². The molecule has 2 aliphatic heterocycles. The van der Waals surface area contributed by atoms with Crippen molar-refractivity contribution < 1.29 is 23.8 Å². The lowest BCUT2D eigenvalue weighted by Gasteiger charge is -2.34. The molecular weight excluding hydrogens is 707 g/mol. The van der Waals surface area contributed by atoms with Crippen molar-refractivity contribution in [3.8, 4) is 23.1 Å². The van der Waals surface area contributed by atoms with Crippen LogP contribution in [0.4, 0.5) is 17.3 Å². The molecule has 2 N–H and O–H groups in total. The molecule has 3 aromatic carbocycles. The molecule has 2 aliphatic rings. The van der Waals surface area contributed by atoms with Crippen LogP contribution >= 0.6 is 0 Å². The van der Waals surface area contributed by atoms with Crippen molar-refractivity contribution in [2.24, 2.45) is 0 Å². The first kappa shape index (κ1) is 40.5. The molecule has 0 unspecified atom stereocenters. The molecule has 0 radical (unpaired) electrons. The summed E-state index contributed by atoms with van der Waals surface area (Å²) in [5.74, 6) is 1.63. The van der Waals surface area contributed by atoms with Crippen molar-refractivity contribution >= 4 is 29.1 Å². The van der Waals surface area contributed by atoms with E-state index in [1.165, 1.54) is 38.5 Å². The number of amides is 2. The first-order chi connectivity index (χ1) is 27.3. The average molecular weight is 764 g/mol. The summed E-state index contributed by atoms with van der Waals surface area (Å²) >= 11 is 0. The summed E-state index contributed by atoms with van der Waals surface area (Å²) in [5.41, 5.74) is 4.42. The van der Waals surface area contributed by atoms with Crippen LogP contribution in [0.2, 0.25) is 0 Å². The highest BCUT2D eigenvalue weighted by atomic mass is 16.5. The molecule has 0 saturated carbocycles. The number of carbonyl (C=O) groups excluding carboxylic acids is 2. The quantitative estimate of drug-likeness (QED) is 0.104. The predicted octanol–water partition coefficient (Wildman–Crippen LogP) is 7.63. The van der Waals surface area contributed by atoms with Crippen LogP contribution in [0.3, 0.4) is 0 Å². The molecule has 6 rings (SSSR count). The third kappa shape index (κ3) is 11.2. The number of nitrogens with one attached hydrogen (secondary N) is 2. The second kappa shape index (κ2) is 20.1. The number of para-hydroxylation sites is 1. The number of carbonyl (C=O) groups is 2. The van der Waals surface area contributed by atoms with Crippen LogP contribution in [0.5, 0.6) is 23.1 Å². The summed E-state index contributed by atoms with van der Waals surface area (Å²) in [6.45, 7) is 14.6. The number of hydrogen-bond acceptors (Lipinski definition) is 10. The van der Waals surface area contributed by atoms with Gasteiger partial charge in [0.15, 0.2) is 11.5 Å². The van der Waals surface area contributed by atoms with Crippen molar-refractivity contribution in [3.05, 3.63) is 89.1 Å². The van der Waals surface area contributed by atoms with Gasteiger partial charge >= 0.3 is 0 Å². The molecule has 12 nitrogen and oxygen atoms in total. The normalized spacial score (nSPS) is 15.0. The SMILES string of the molecule is CCCN1CCN(C(=O)CCc2ccc(Oc3nc(Nc4cccc(OCCCN5CCCCC5)c4)ncc3C(=O)Nc3c(C)cccc3C)c(OC)c2)CC1. The molecule has 3 heterocycles. The lowest BCUT2D eigenvalue weighted by Crippen LogP contribution is -2.48. The van der Waals surface area contributed by atoms with E-state index >= 15 is 0 Å². The molecule has 2 amide bonds. The number of benzene rings is 3. The van der Waals surface area contributed by atoms with E-state index in [-0.39, 0.29) is 23.3 Å². The van der Waals surface area contributed by atoms with Gasteiger partial charge in [0.25, 0.3) is 5.91 Å². The van der Waals surface area contributed by atoms with Gasteiger partial charge in [-0.3, -0.25) is 14.5 Å². The number of anilines is 3. The maximum Gasteiger partial charge on any atom is 0.262 e. The zero-order chi connectivity index (χ0) is 39.3. The highest BCUT2D eigenvalue weighted by molar-refractivity contribution is 6.06. The van der Waals surface area contributed by atoms with Crippen molar-refractivity contribution in [2.75, 3.05) is 76.7 Å². The van der Waals surface area contributed by atoms with E-state index in [4.69, 9.17) is 19.2 Å². The molecule has 0 bridgehead atoms. The summed E-state index contributed by atoms with van der Waals surface area (Å²) in [5, 5.41) is 6.29. The lowest BCUT2D eigenvalue weighted by molar-refractivity contribution is -0.132. The number of nitrogens with zero attached hydrogens (tertiary/aromatic N) is 5. The second-order valence-electron chi connectivity index (χ2n) is 14.7. The molecule has 2 fully saturated rings. The molecule has 1 aromatic heterocycles. The van der Waals surface area contributed by atoms with Gasteiger partial charge in [-0.15, -0.1) is 0 Å². The van der Waals surface area contributed by atoms with Gasteiger partial charge in [-0.1, -0.05) is 43.7 Å². The number of piperazine rings is 1. The van der Waals surface area contributed by atoms with Crippen LogP contribution < -0.4 is 24.8 Å². The maximum absolute atomic E-state index is 13.8. The number of piperidine rings is 1. The van der Waals surface area contributed by atoms with Crippen molar-refractivity contribution in [1.29, 1.82) is 0 Å².